The predicted octanol–water partition coefficient (Wildman–Crippen LogP) is 2.97. The smallest absolute Gasteiger partial charge is 0.241 e. The van der Waals surface area contributed by atoms with E-state index in [-0.39, 0.29) is 18.6 Å². The van der Waals surface area contributed by atoms with Crippen LogP contribution in [0, 0.1) is 0 Å². The third-order valence-electron chi connectivity index (χ3n) is 6.88. The number of aliphatic hydroxyl groups is 1. The minimum atomic E-state index is -0.177. The minimum Gasteiger partial charge on any atom is -0.395 e. The second-order valence-corrected chi connectivity index (χ2v) is 9.28. The average molecular weight is 488 g/mol. The molecule has 5 rings (SSSR count). The van der Waals surface area contributed by atoms with E-state index >= 15 is 0 Å². The molecule has 0 bridgehead atoms. The number of anilines is 2. The van der Waals surface area contributed by atoms with Gasteiger partial charge in [-0.3, -0.25) is 9.69 Å². The summed E-state index contributed by atoms with van der Waals surface area (Å²) in [6.07, 6.45) is 4.26. The zero-order valence-corrected chi connectivity index (χ0v) is 20.5. The Hall–Kier alpha value is -3.33. The van der Waals surface area contributed by atoms with Gasteiger partial charge < -0.3 is 20.1 Å². The molecule has 2 aliphatic rings. The maximum absolute atomic E-state index is 12.7. The molecule has 2 aliphatic heterocycles. The molecular weight excluding hydrogens is 454 g/mol. The predicted molar refractivity (Wildman–Crippen MR) is 140 cm³/mol. The highest BCUT2D eigenvalue weighted by molar-refractivity contribution is 5.95. The van der Waals surface area contributed by atoms with E-state index in [0.717, 1.165) is 68.5 Å². The highest BCUT2D eigenvalue weighted by atomic mass is 16.5. The molecule has 0 spiro atoms. The van der Waals surface area contributed by atoms with Crippen LogP contribution in [0.3, 0.4) is 0 Å². The van der Waals surface area contributed by atoms with Crippen LogP contribution in [0.1, 0.15) is 24.2 Å². The number of rotatable bonds is 8. The summed E-state index contributed by atoms with van der Waals surface area (Å²) in [7, 11) is 0. The topological polar surface area (TPSA) is 90.8 Å². The number of morpholine rings is 1. The zero-order valence-electron chi connectivity index (χ0n) is 20.5. The minimum absolute atomic E-state index is 0.0161. The number of aliphatic hydroxyl groups excluding tert-OH is 1. The molecule has 1 atom stereocenters. The lowest BCUT2D eigenvalue weighted by Gasteiger charge is -2.28. The molecule has 3 aromatic rings. The largest absolute Gasteiger partial charge is 0.395 e. The van der Waals surface area contributed by atoms with Crippen molar-refractivity contribution in [3.8, 4) is 11.3 Å². The first kappa shape index (κ1) is 24.4. The quantitative estimate of drug-likeness (QED) is 0.505. The van der Waals surface area contributed by atoms with Gasteiger partial charge in [-0.15, -0.1) is 0 Å². The fourth-order valence-corrected chi connectivity index (χ4v) is 4.94. The Morgan fingerprint density at radius 2 is 1.81 bits per heavy atom. The van der Waals surface area contributed by atoms with Crippen molar-refractivity contribution in [2.45, 2.75) is 25.3 Å². The normalized spacial score (nSPS) is 18.4. The van der Waals surface area contributed by atoms with Gasteiger partial charge in [-0.05, 0) is 55.3 Å². The number of carbonyl (C=O) groups is 1. The van der Waals surface area contributed by atoms with E-state index in [2.05, 4.69) is 39.5 Å². The number of β-amino-alcohol motifs (C(OH)–C–C–N with tert-alkyl or cyclic N) is 1. The average Bonchev–Trinajstić information content (AvgIpc) is 3.39. The fourth-order valence-electron chi connectivity index (χ4n) is 4.94. The third kappa shape index (κ3) is 5.90. The second kappa shape index (κ2) is 11.6. The van der Waals surface area contributed by atoms with Gasteiger partial charge in [0.05, 0.1) is 31.6 Å². The molecule has 8 nitrogen and oxygen atoms in total. The Kier molecular flexibility index (Phi) is 7.85. The first-order valence-corrected chi connectivity index (χ1v) is 12.7. The van der Waals surface area contributed by atoms with Crippen molar-refractivity contribution >= 4 is 17.3 Å². The maximum atomic E-state index is 12.7. The van der Waals surface area contributed by atoms with E-state index < -0.39 is 0 Å². The molecule has 3 heterocycles. The Bertz CT molecular complexity index is 1150. The molecule has 2 saturated heterocycles. The van der Waals surface area contributed by atoms with Crippen LogP contribution >= 0.6 is 0 Å². The molecule has 2 N–H and O–H groups in total. The number of nitrogens with zero attached hydrogens (tertiary/aromatic N) is 4. The summed E-state index contributed by atoms with van der Waals surface area (Å²) in [4.78, 5) is 26.4. The van der Waals surface area contributed by atoms with Crippen LogP contribution in [0.5, 0.6) is 0 Å². The lowest BCUT2D eigenvalue weighted by molar-refractivity contribution is -0.120. The summed E-state index contributed by atoms with van der Waals surface area (Å²) in [5, 5.41) is 12.2. The molecule has 2 fully saturated rings. The molecule has 188 valence electrons. The van der Waals surface area contributed by atoms with Crippen molar-refractivity contribution in [1.29, 1.82) is 0 Å². The SMILES string of the molecule is O=C(Nc1ccc(-c2ccnc(Cc3ccc(N4CCOCC4)cc3)n2)cc1)C1CCCN1CCO. The van der Waals surface area contributed by atoms with Crippen LogP contribution in [0.4, 0.5) is 11.4 Å². The van der Waals surface area contributed by atoms with E-state index in [1.165, 1.54) is 11.3 Å². The van der Waals surface area contributed by atoms with Crippen molar-refractivity contribution in [2.24, 2.45) is 0 Å². The van der Waals surface area contributed by atoms with Crippen molar-refractivity contribution in [3.05, 3.63) is 72.2 Å². The maximum Gasteiger partial charge on any atom is 0.241 e. The van der Waals surface area contributed by atoms with Crippen LogP contribution < -0.4 is 10.2 Å². The monoisotopic (exact) mass is 487 g/mol. The van der Waals surface area contributed by atoms with Crippen LogP contribution in [0.2, 0.25) is 0 Å². The van der Waals surface area contributed by atoms with Crippen molar-refractivity contribution in [3.63, 3.8) is 0 Å². The van der Waals surface area contributed by atoms with Crippen molar-refractivity contribution < 1.29 is 14.6 Å². The first-order valence-electron chi connectivity index (χ1n) is 12.7. The Balaban J connectivity index is 1.21. The molecule has 1 aromatic heterocycles. The van der Waals surface area contributed by atoms with Crippen LogP contribution in [-0.4, -0.2) is 77.9 Å². The number of benzene rings is 2. The number of aromatic nitrogens is 2. The van der Waals surface area contributed by atoms with Gasteiger partial charge in [-0.2, -0.15) is 0 Å². The summed E-state index contributed by atoms with van der Waals surface area (Å²) in [6.45, 7) is 4.86. The summed E-state index contributed by atoms with van der Waals surface area (Å²) >= 11 is 0. The molecule has 0 radical (unpaired) electrons. The second-order valence-electron chi connectivity index (χ2n) is 9.28. The zero-order chi connectivity index (χ0) is 24.7. The van der Waals surface area contributed by atoms with Crippen molar-refractivity contribution in [2.75, 3.05) is 56.2 Å². The van der Waals surface area contributed by atoms with Crippen LogP contribution in [-0.2, 0) is 16.0 Å². The van der Waals surface area contributed by atoms with E-state index in [1.54, 1.807) is 6.20 Å². The van der Waals surface area contributed by atoms with Gasteiger partial charge in [0.1, 0.15) is 5.82 Å². The molecule has 0 saturated carbocycles. The van der Waals surface area contributed by atoms with Crippen molar-refractivity contribution in [1.82, 2.24) is 14.9 Å². The molecule has 8 heteroatoms. The molecule has 1 amide bonds. The summed E-state index contributed by atoms with van der Waals surface area (Å²) in [5.74, 6) is 0.756. The van der Waals surface area contributed by atoms with Gasteiger partial charge in [-0.25, -0.2) is 9.97 Å². The third-order valence-corrected chi connectivity index (χ3v) is 6.88. The number of hydrogen-bond acceptors (Lipinski definition) is 7. The number of nitrogens with one attached hydrogen (secondary N) is 1. The number of ether oxygens (including phenoxy) is 1. The summed E-state index contributed by atoms with van der Waals surface area (Å²) in [5.41, 5.74) is 4.98. The fraction of sp³-hybridized carbons (Fsp3) is 0.393. The molecule has 36 heavy (non-hydrogen) atoms. The van der Waals surface area contributed by atoms with E-state index in [1.807, 2.05) is 35.2 Å². The van der Waals surface area contributed by atoms with Crippen LogP contribution in [0.25, 0.3) is 11.3 Å². The summed E-state index contributed by atoms with van der Waals surface area (Å²) < 4.78 is 5.44. The van der Waals surface area contributed by atoms with Gasteiger partial charge in [0.25, 0.3) is 0 Å². The summed E-state index contributed by atoms with van der Waals surface area (Å²) in [6, 6.07) is 18.1. The lowest BCUT2D eigenvalue weighted by Crippen LogP contribution is -2.40. The standard InChI is InChI=1S/C28H33N5O3/c34-17-14-33-13-1-2-26(33)28(35)30-23-7-5-22(6-8-23)25-11-12-29-27(31-25)20-21-3-9-24(10-4-21)32-15-18-36-19-16-32/h3-12,26,34H,1-2,13-20H2,(H,30,35). The molecule has 2 aromatic carbocycles. The molecule has 1 unspecified atom stereocenters. The Morgan fingerprint density at radius 3 is 2.56 bits per heavy atom. The van der Waals surface area contributed by atoms with E-state index in [0.29, 0.717) is 13.0 Å². The van der Waals surface area contributed by atoms with Gasteiger partial charge in [-0.1, -0.05) is 24.3 Å². The lowest BCUT2D eigenvalue weighted by atomic mass is 10.1. The van der Waals surface area contributed by atoms with Gasteiger partial charge in [0, 0.05) is 49.2 Å². The Labute approximate surface area is 211 Å². The van der Waals surface area contributed by atoms with Gasteiger partial charge in [0.2, 0.25) is 5.91 Å². The Morgan fingerprint density at radius 1 is 1.03 bits per heavy atom. The highest BCUT2D eigenvalue weighted by Gasteiger charge is 2.30. The molecule has 0 aliphatic carbocycles. The van der Waals surface area contributed by atoms with E-state index in [4.69, 9.17) is 9.72 Å². The number of carbonyl (C=O) groups excluding carboxylic acids is 1. The van der Waals surface area contributed by atoms with Crippen LogP contribution in [0.15, 0.2) is 60.8 Å². The van der Waals surface area contributed by atoms with Gasteiger partial charge >= 0.3 is 0 Å². The highest BCUT2D eigenvalue weighted by Crippen LogP contribution is 2.23. The van der Waals surface area contributed by atoms with E-state index in [9.17, 15) is 9.90 Å². The molecular formula is C28H33N5O3. The number of hydrogen-bond donors (Lipinski definition) is 2. The first-order chi connectivity index (χ1) is 17.7. The van der Waals surface area contributed by atoms with Gasteiger partial charge in [0.15, 0.2) is 0 Å². The number of amides is 1. The number of likely N-dealkylation sites (tertiary alicyclic amines) is 1.